The number of benzene rings is 2. The molecule has 2 aromatic rings. The molecule has 0 spiro atoms. The molecule has 0 saturated heterocycles. The Morgan fingerprint density at radius 2 is 1.90 bits per heavy atom. The van der Waals surface area contributed by atoms with E-state index in [4.69, 9.17) is 9.57 Å². The molecular formula is C17H20N2O2. The number of hydrogen-bond acceptors (Lipinski definition) is 4. The van der Waals surface area contributed by atoms with Crippen LogP contribution in [-0.2, 0) is 19.5 Å². The van der Waals surface area contributed by atoms with Crippen LogP contribution in [0.2, 0.25) is 0 Å². The zero-order valence-corrected chi connectivity index (χ0v) is 12.2. The Kier molecular flexibility index (Phi) is 4.38. The first kappa shape index (κ1) is 13.9. The molecule has 0 unspecified atom stereocenters. The SMILES string of the molecule is CCc1ccc2c(c1)CNCO2.c1ccc2c(c1)CNO2. The molecule has 0 atom stereocenters. The van der Waals surface area contributed by atoms with Crippen molar-refractivity contribution in [3.05, 3.63) is 59.2 Å². The fraction of sp³-hybridized carbons (Fsp3) is 0.294. The Labute approximate surface area is 125 Å². The van der Waals surface area contributed by atoms with Gasteiger partial charge in [0.15, 0.2) is 5.75 Å². The fourth-order valence-electron chi connectivity index (χ4n) is 2.39. The molecule has 0 amide bonds. The standard InChI is InChI=1S/C10H13NO.C7H7NO/c1-2-8-3-4-10-9(5-8)6-11-7-12-10;1-2-4-7-6(3-1)5-8-9-7/h3-5,11H,2,6-7H2,1H3;1-4,8H,5H2. The summed E-state index contributed by atoms with van der Waals surface area (Å²) < 4.78 is 5.41. The van der Waals surface area contributed by atoms with Crippen molar-refractivity contribution in [3.63, 3.8) is 0 Å². The fourth-order valence-corrected chi connectivity index (χ4v) is 2.39. The number of rotatable bonds is 1. The highest BCUT2D eigenvalue weighted by Crippen LogP contribution is 2.22. The highest BCUT2D eigenvalue weighted by Gasteiger charge is 2.09. The van der Waals surface area contributed by atoms with Crippen LogP contribution in [-0.4, -0.2) is 6.73 Å². The van der Waals surface area contributed by atoms with Crippen molar-refractivity contribution >= 4 is 0 Å². The van der Waals surface area contributed by atoms with Crippen LogP contribution in [0, 0.1) is 0 Å². The van der Waals surface area contributed by atoms with E-state index < -0.39 is 0 Å². The van der Waals surface area contributed by atoms with Crippen LogP contribution < -0.4 is 20.4 Å². The first-order valence-electron chi connectivity index (χ1n) is 7.29. The van der Waals surface area contributed by atoms with Crippen LogP contribution in [0.5, 0.6) is 11.5 Å². The van der Waals surface area contributed by atoms with Crippen molar-refractivity contribution in [3.8, 4) is 11.5 Å². The lowest BCUT2D eigenvalue weighted by Gasteiger charge is -2.18. The lowest BCUT2D eigenvalue weighted by molar-refractivity contribution is 0.224. The third-order valence-corrected chi connectivity index (χ3v) is 3.60. The van der Waals surface area contributed by atoms with Crippen LogP contribution in [0.3, 0.4) is 0 Å². The van der Waals surface area contributed by atoms with E-state index >= 15 is 0 Å². The lowest BCUT2D eigenvalue weighted by atomic mass is 10.1. The van der Waals surface area contributed by atoms with E-state index in [2.05, 4.69) is 42.0 Å². The topological polar surface area (TPSA) is 42.5 Å². The Morgan fingerprint density at radius 1 is 1.00 bits per heavy atom. The Hall–Kier alpha value is -2.04. The van der Waals surface area contributed by atoms with Gasteiger partial charge in [-0.25, -0.2) is 0 Å². The van der Waals surface area contributed by atoms with Gasteiger partial charge in [-0.1, -0.05) is 37.3 Å². The molecule has 4 heteroatoms. The van der Waals surface area contributed by atoms with Crippen LogP contribution in [0.1, 0.15) is 23.6 Å². The smallest absolute Gasteiger partial charge is 0.151 e. The van der Waals surface area contributed by atoms with E-state index in [1.807, 2.05) is 18.2 Å². The molecule has 0 bridgehead atoms. The van der Waals surface area contributed by atoms with Gasteiger partial charge in [0.05, 0.1) is 6.54 Å². The van der Waals surface area contributed by atoms with Gasteiger partial charge in [0.2, 0.25) is 0 Å². The molecule has 2 aromatic carbocycles. The molecule has 0 radical (unpaired) electrons. The summed E-state index contributed by atoms with van der Waals surface area (Å²) in [5.41, 5.74) is 6.68. The molecule has 21 heavy (non-hydrogen) atoms. The van der Waals surface area contributed by atoms with Gasteiger partial charge in [-0.2, -0.15) is 5.48 Å². The number of ether oxygens (including phenoxy) is 1. The van der Waals surface area contributed by atoms with Gasteiger partial charge < -0.3 is 9.57 Å². The maximum Gasteiger partial charge on any atom is 0.151 e. The maximum atomic E-state index is 5.41. The quantitative estimate of drug-likeness (QED) is 0.845. The molecule has 0 aliphatic carbocycles. The van der Waals surface area contributed by atoms with Crippen LogP contribution in [0.25, 0.3) is 0 Å². The predicted octanol–water partition coefficient (Wildman–Crippen LogP) is 2.77. The maximum absolute atomic E-state index is 5.41. The van der Waals surface area contributed by atoms with E-state index in [1.165, 1.54) is 16.7 Å². The van der Waals surface area contributed by atoms with E-state index in [1.54, 1.807) is 0 Å². The second kappa shape index (κ2) is 6.61. The van der Waals surface area contributed by atoms with Gasteiger partial charge in [0, 0.05) is 17.7 Å². The highest BCUT2D eigenvalue weighted by molar-refractivity contribution is 5.38. The largest absolute Gasteiger partial charge is 0.478 e. The minimum absolute atomic E-state index is 0.637. The molecule has 4 rings (SSSR count). The van der Waals surface area contributed by atoms with Gasteiger partial charge in [-0.05, 0) is 24.1 Å². The zero-order chi connectivity index (χ0) is 14.5. The summed E-state index contributed by atoms with van der Waals surface area (Å²) in [7, 11) is 0. The number of hydroxylamine groups is 1. The van der Waals surface area contributed by atoms with Gasteiger partial charge in [0.25, 0.3) is 0 Å². The minimum Gasteiger partial charge on any atom is -0.478 e. The summed E-state index contributed by atoms with van der Waals surface area (Å²) >= 11 is 0. The first-order valence-corrected chi connectivity index (χ1v) is 7.29. The van der Waals surface area contributed by atoms with Crippen molar-refractivity contribution in [2.75, 3.05) is 6.73 Å². The van der Waals surface area contributed by atoms with E-state index in [0.29, 0.717) is 6.73 Å². The van der Waals surface area contributed by atoms with Crippen LogP contribution >= 0.6 is 0 Å². The molecule has 0 aromatic heterocycles. The number of hydrogen-bond donors (Lipinski definition) is 2. The molecule has 2 N–H and O–H groups in total. The van der Waals surface area contributed by atoms with Crippen molar-refractivity contribution in [1.82, 2.24) is 10.8 Å². The molecule has 4 nitrogen and oxygen atoms in total. The Balaban J connectivity index is 0.000000131. The average molecular weight is 284 g/mol. The summed E-state index contributed by atoms with van der Waals surface area (Å²) in [6.45, 7) is 4.57. The van der Waals surface area contributed by atoms with Gasteiger partial charge in [0.1, 0.15) is 12.5 Å². The van der Waals surface area contributed by atoms with Gasteiger partial charge >= 0.3 is 0 Å². The van der Waals surface area contributed by atoms with Crippen molar-refractivity contribution in [2.45, 2.75) is 26.4 Å². The monoisotopic (exact) mass is 284 g/mol. The molecule has 110 valence electrons. The molecule has 0 fully saturated rings. The van der Waals surface area contributed by atoms with Crippen molar-refractivity contribution in [2.24, 2.45) is 0 Å². The normalized spacial score (nSPS) is 14.9. The summed E-state index contributed by atoms with van der Waals surface area (Å²) in [5, 5.41) is 3.17. The molecular weight excluding hydrogens is 264 g/mol. The molecule has 2 heterocycles. The van der Waals surface area contributed by atoms with Crippen LogP contribution in [0.4, 0.5) is 0 Å². The second-order valence-corrected chi connectivity index (χ2v) is 5.04. The Morgan fingerprint density at radius 3 is 2.76 bits per heavy atom. The van der Waals surface area contributed by atoms with Crippen molar-refractivity contribution < 1.29 is 9.57 Å². The second-order valence-electron chi connectivity index (χ2n) is 5.04. The number of aryl methyl sites for hydroxylation is 1. The van der Waals surface area contributed by atoms with E-state index in [9.17, 15) is 0 Å². The first-order chi connectivity index (χ1) is 10.4. The summed E-state index contributed by atoms with van der Waals surface area (Å²) in [6, 6.07) is 14.4. The summed E-state index contributed by atoms with van der Waals surface area (Å²) in [5.74, 6) is 1.99. The van der Waals surface area contributed by atoms with Crippen molar-refractivity contribution in [1.29, 1.82) is 0 Å². The molecule has 2 aliphatic rings. The third-order valence-electron chi connectivity index (χ3n) is 3.60. The lowest BCUT2D eigenvalue weighted by Crippen LogP contribution is -2.25. The third kappa shape index (κ3) is 3.35. The summed E-state index contributed by atoms with van der Waals surface area (Å²) in [4.78, 5) is 5.05. The summed E-state index contributed by atoms with van der Waals surface area (Å²) in [6.07, 6.45) is 1.09. The van der Waals surface area contributed by atoms with E-state index in [-0.39, 0.29) is 0 Å². The van der Waals surface area contributed by atoms with Gasteiger partial charge in [-0.15, -0.1) is 0 Å². The van der Waals surface area contributed by atoms with Gasteiger partial charge in [-0.3, -0.25) is 5.32 Å². The Bertz CT molecular complexity index is 590. The zero-order valence-electron chi connectivity index (χ0n) is 12.2. The number of para-hydroxylation sites is 1. The molecule has 0 saturated carbocycles. The highest BCUT2D eigenvalue weighted by atomic mass is 16.7. The predicted molar refractivity (Wildman–Crippen MR) is 82.1 cm³/mol. The number of fused-ring (bicyclic) bond motifs is 2. The molecule has 2 aliphatic heterocycles. The van der Waals surface area contributed by atoms with Crippen LogP contribution in [0.15, 0.2) is 42.5 Å². The minimum atomic E-state index is 0.637. The average Bonchev–Trinajstić information content (AvgIpc) is 3.03. The van der Waals surface area contributed by atoms with E-state index in [0.717, 1.165) is 31.0 Å². The number of nitrogens with one attached hydrogen (secondary N) is 2.